The number of hydrogen-bond acceptors (Lipinski definition) is 4. The zero-order chi connectivity index (χ0) is 11.0. The van der Waals surface area contributed by atoms with Gasteiger partial charge in [0.05, 0.1) is 6.42 Å². The molecule has 0 unspecified atom stereocenters. The van der Waals surface area contributed by atoms with Crippen LogP contribution in [0.5, 0.6) is 0 Å². The third-order valence-electron chi connectivity index (χ3n) is 2.08. The van der Waals surface area contributed by atoms with Gasteiger partial charge in [0.2, 0.25) is 0 Å². The number of amides is 1. The molecule has 15 heavy (non-hydrogen) atoms. The highest BCUT2D eigenvalue weighted by molar-refractivity contribution is 6.11. The Bertz CT molecular complexity index is 432. The van der Waals surface area contributed by atoms with Crippen molar-refractivity contribution in [2.24, 2.45) is 5.10 Å². The fourth-order valence-corrected chi connectivity index (χ4v) is 1.54. The Kier molecular flexibility index (Phi) is 2.22. The van der Waals surface area contributed by atoms with Gasteiger partial charge in [-0.2, -0.15) is 10.1 Å². The Labute approximate surface area is 87.8 Å². The smallest absolute Gasteiger partial charge is 0.254 e. The maximum absolute atomic E-state index is 11.6. The molecule has 0 saturated carbocycles. The van der Waals surface area contributed by atoms with Crippen molar-refractivity contribution >= 4 is 17.4 Å². The summed E-state index contributed by atoms with van der Waals surface area (Å²) in [4.78, 5) is 19.9. The molecule has 0 N–H and O–H groups in total. The van der Waals surface area contributed by atoms with E-state index in [-0.39, 0.29) is 5.91 Å². The highest BCUT2D eigenvalue weighted by atomic mass is 16.2. The molecule has 1 amide bonds. The predicted molar refractivity (Wildman–Crippen MR) is 56.7 cm³/mol. The van der Waals surface area contributed by atoms with Crippen LogP contribution in [-0.2, 0) is 4.79 Å². The van der Waals surface area contributed by atoms with Gasteiger partial charge >= 0.3 is 0 Å². The Balaban J connectivity index is 2.41. The van der Waals surface area contributed by atoms with Crippen molar-refractivity contribution < 1.29 is 4.79 Å². The van der Waals surface area contributed by atoms with Gasteiger partial charge in [-0.1, -0.05) is 0 Å². The largest absolute Gasteiger partial charge is 0.272 e. The highest BCUT2D eigenvalue weighted by Gasteiger charge is 2.24. The Morgan fingerprint density at radius 3 is 2.53 bits per heavy atom. The van der Waals surface area contributed by atoms with Crippen LogP contribution >= 0.6 is 0 Å². The topological polar surface area (TPSA) is 58.5 Å². The van der Waals surface area contributed by atoms with E-state index in [0.717, 1.165) is 11.4 Å². The van der Waals surface area contributed by atoms with Gasteiger partial charge in [-0.3, -0.25) is 4.79 Å². The number of anilines is 1. The van der Waals surface area contributed by atoms with Crippen molar-refractivity contribution in [1.82, 2.24) is 9.97 Å². The van der Waals surface area contributed by atoms with Crippen LogP contribution in [0.2, 0.25) is 0 Å². The lowest BCUT2D eigenvalue weighted by atomic mass is 10.3. The second-order valence-corrected chi connectivity index (χ2v) is 3.63. The molecule has 2 rings (SSSR count). The van der Waals surface area contributed by atoms with Gasteiger partial charge in [0.15, 0.2) is 5.82 Å². The van der Waals surface area contributed by atoms with Gasteiger partial charge in [0.1, 0.15) is 5.82 Å². The van der Waals surface area contributed by atoms with Gasteiger partial charge in [-0.25, -0.2) is 9.97 Å². The zero-order valence-corrected chi connectivity index (χ0v) is 8.98. The van der Waals surface area contributed by atoms with Gasteiger partial charge in [0, 0.05) is 17.5 Å². The van der Waals surface area contributed by atoms with Crippen LogP contribution < -0.4 is 5.01 Å². The molecule has 1 aliphatic rings. The molecule has 0 fully saturated rings. The van der Waals surface area contributed by atoms with Crippen LogP contribution in [0.3, 0.4) is 0 Å². The molecule has 1 aliphatic heterocycles. The number of aromatic nitrogens is 2. The van der Waals surface area contributed by atoms with E-state index in [1.54, 1.807) is 13.0 Å². The number of carbonyl (C=O) groups excluding carboxylic acids is 1. The molecular formula is C10H12N4O. The minimum absolute atomic E-state index is 0.0370. The van der Waals surface area contributed by atoms with Gasteiger partial charge < -0.3 is 0 Å². The number of nitrogens with zero attached hydrogens (tertiary/aromatic N) is 4. The molecule has 2 heterocycles. The summed E-state index contributed by atoms with van der Waals surface area (Å²) in [6.07, 6.45) is 0.377. The predicted octanol–water partition coefficient (Wildman–Crippen LogP) is 1.21. The summed E-state index contributed by atoms with van der Waals surface area (Å²) in [6, 6.07) is 1.76. The molecule has 0 radical (unpaired) electrons. The normalized spacial score (nSPS) is 15.8. The Morgan fingerprint density at radius 2 is 2.00 bits per heavy atom. The lowest BCUT2D eigenvalue weighted by molar-refractivity contribution is -0.116. The SMILES string of the molecule is CC1=NN(c2cc(C)nc(C)n2)C(=O)C1. The lowest BCUT2D eigenvalue weighted by Gasteiger charge is -2.11. The molecule has 1 aromatic rings. The van der Waals surface area contributed by atoms with Crippen molar-refractivity contribution in [3.8, 4) is 0 Å². The van der Waals surface area contributed by atoms with E-state index < -0.39 is 0 Å². The molecule has 0 atom stereocenters. The number of hydrazone groups is 1. The molecule has 0 spiro atoms. The fraction of sp³-hybridized carbons (Fsp3) is 0.400. The first kappa shape index (κ1) is 9.76. The third kappa shape index (κ3) is 1.86. The molecule has 0 aliphatic carbocycles. The van der Waals surface area contributed by atoms with E-state index in [0.29, 0.717) is 18.1 Å². The highest BCUT2D eigenvalue weighted by Crippen LogP contribution is 2.18. The van der Waals surface area contributed by atoms with Crippen molar-refractivity contribution in [2.75, 3.05) is 5.01 Å². The number of carbonyl (C=O) groups is 1. The molecule has 0 aromatic carbocycles. The summed E-state index contributed by atoms with van der Waals surface area (Å²) >= 11 is 0. The van der Waals surface area contributed by atoms with Crippen molar-refractivity contribution in [3.63, 3.8) is 0 Å². The Morgan fingerprint density at radius 1 is 1.27 bits per heavy atom. The zero-order valence-electron chi connectivity index (χ0n) is 8.98. The summed E-state index contributed by atoms with van der Waals surface area (Å²) in [6.45, 7) is 5.50. The van der Waals surface area contributed by atoms with Crippen LogP contribution in [0.1, 0.15) is 24.9 Å². The summed E-state index contributed by atoms with van der Waals surface area (Å²) < 4.78 is 0. The molecule has 78 valence electrons. The van der Waals surface area contributed by atoms with E-state index in [1.165, 1.54) is 5.01 Å². The van der Waals surface area contributed by atoms with E-state index >= 15 is 0 Å². The Hall–Kier alpha value is -1.78. The first-order chi connectivity index (χ1) is 7.06. The van der Waals surface area contributed by atoms with E-state index in [1.807, 2.05) is 13.8 Å². The summed E-state index contributed by atoms with van der Waals surface area (Å²) in [5, 5.41) is 5.48. The average Bonchev–Trinajstić information content (AvgIpc) is 2.43. The third-order valence-corrected chi connectivity index (χ3v) is 2.08. The van der Waals surface area contributed by atoms with Crippen LogP contribution in [0.4, 0.5) is 5.82 Å². The van der Waals surface area contributed by atoms with Gasteiger partial charge in [-0.15, -0.1) is 0 Å². The minimum atomic E-state index is -0.0370. The van der Waals surface area contributed by atoms with Crippen molar-refractivity contribution in [3.05, 3.63) is 17.6 Å². The van der Waals surface area contributed by atoms with E-state index in [9.17, 15) is 4.79 Å². The van der Waals surface area contributed by atoms with Gasteiger partial charge in [-0.05, 0) is 20.8 Å². The number of rotatable bonds is 1. The van der Waals surface area contributed by atoms with Crippen LogP contribution in [0.15, 0.2) is 11.2 Å². The minimum Gasteiger partial charge on any atom is -0.272 e. The van der Waals surface area contributed by atoms with Crippen LogP contribution in [0.25, 0.3) is 0 Å². The quantitative estimate of drug-likeness (QED) is 0.690. The van der Waals surface area contributed by atoms with Crippen LogP contribution in [-0.4, -0.2) is 21.6 Å². The molecule has 1 aromatic heterocycles. The fourth-order valence-electron chi connectivity index (χ4n) is 1.54. The second-order valence-electron chi connectivity index (χ2n) is 3.63. The maximum atomic E-state index is 11.6. The second kappa shape index (κ2) is 3.42. The van der Waals surface area contributed by atoms with Crippen molar-refractivity contribution in [1.29, 1.82) is 0 Å². The molecule has 0 bridgehead atoms. The lowest BCUT2D eigenvalue weighted by Crippen LogP contribution is -2.21. The van der Waals surface area contributed by atoms with Gasteiger partial charge in [0.25, 0.3) is 5.91 Å². The number of hydrogen-bond donors (Lipinski definition) is 0. The monoisotopic (exact) mass is 204 g/mol. The number of aryl methyl sites for hydroxylation is 2. The van der Waals surface area contributed by atoms with E-state index in [2.05, 4.69) is 15.1 Å². The molecule has 5 nitrogen and oxygen atoms in total. The van der Waals surface area contributed by atoms with Crippen molar-refractivity contribution in [2.45, 2.75) is 27.2 Å². The molecular weight excluding hydrogens is 192 g/mol. The first-order valence-electron chi connectivity index (χ1n) is 4.75. The standard InChI is InChI=1S/C10H12N4O/c1-6-4-9(12-8(3)11-6)14-10(15)5-7(2)13-14/h4H,5H2,1-3H3. The summed E-state index contributed by atoms with van der Waals surface area (Å²) in [5.74, 6) is 1.17. The van der Waals surface area contributed by atoms with E-state index in [4.69, 9.17) is 0 Å². The average molecular weight is 204 g/mol. The maximum Gasteiger partial charge on any atom is 0.254 e. The summed E-state index contributed by atoms with van der Waals surface area (Å²) in [7, 11) is 0. The molecule has 5 heteroatoms. The molecule has 0 saturated heterocycles. The van der Waals surface area contributed by atoms with Crippen LogP contribution in [0, 0.1) is 13.8 Å². The summed E-state index contributed by atoms with van der Waals surface area (Å²) in [5.41, 5.74) is 1.65. The first-order valence-corrected chi connectivity index (χ1v) is 4.75.